The first-order valence-electron chi connectivity index (χ1n) is 13.5. The van der Waals surface area contributed by atoms with Gasteiger partial charge in [-0.1, -0.05) is 31.4 Å². The SMILES string of the molecule is C[C@@H](NC(=O)[C@H](CSCC1CCCCC1)NC(=O)[C@@H]1CSCN1C(=O)NC(C)(C)C)c1ccc([N+](=O)[O-])cc1. The van der Waals surface area contributed by atoms with Crippen LogP contribution in [0.3, 0.4) is 0 Å². The Morgan fingerprint density at radius 3 is 2.41 bits per heavy atom. The van der Waals surface area contributed by atoms with Crippen LogP contribution in [-0.2, 0) is 9.59 Å². The van der Waals surface area contributed by atoms with Gasteiger partial charge in [0.05, 0.1) is 16.8 Å². The minimum Gasteiger partial charge on any atom is -0.348 e. The number of urea groups is 1. The standard InChI is InChI=1S/C27H41N5O5S2/c1-18(20-10-12-21(13-11-20)32(36)37)28-24(33)22(15-38-14-19-8-6-5-7-9-19)29-25(34)23-16-39-17-31(23)26(35)30-27(2,3)4/h10-13,18-19,22-23H,5-9,14-17H2,1-4H3,(H,28,33)(H,29,34)(H,30,35)/t18-,22+,23+/m1/s1. The van der Waals surface area contributed by atoms with Gasteiger partial charge in [0, 0.05) is 29.2 Å². The molecule has 0 aromatic heterocycles. The fourth-order valence-electron chi connectivity index (χ4n) is 4.69. The molecule has 1 aromatic rings. The molecule has 1 heterocycles. The van der Waals surface area contributed by atoms with Gasteiger partial charge in [0.2, 0.25) is 11.8 Å². The Morgan fingerprint density at radius 1 is 1.13 bits per heavy atom. The summed E-state index contributed by atoms with van der Waals surface area (Å²) in [5, 5.41) is 19.8. The third kappa shape index (κ3) is 9.59. The predicted octanol–water partition coefficient (Wildman–Crippen LogP) is 4.45. The third-order valence-electron chi connectivity index (χ3n) is 6.89. The van der Waals surface area contributed by atoms with Gasteiger partial charge in [0.1, 0.15) is 12.1 Å². The highest BCUT2D eigenvalue weighted by Gasteiger charge is 2.37. The number of nitro groups is 1. The molecule has 1 saturated carbocycles. The van der Waals surface area contributed by atoms with Gasteiger partial charge in [-0.3, -0.25) is 19.7 Å². The Kier molecular flexibility index (Phi) is 11.3. The van der Waals surface area contributed by atoms with Crippen molar-refractivity contribution in [3.8, 4) is 0 Å². The van der Waals surface area contributed by atoms with Crippen molar-refractivity contribution >= 4 is 47.1 Å². The summed E-state index contributed by atoms with van der Waals surface area (Å²) in [6.45, 7) is 7.47. The fourth-order valence-corrected chi connectivity index (χ4v) is 7.12. The number of carbonyl (C=O) groups is 3. The molecule has 3 atom stereocenters. The lowest BCUT2D eigenvalue weighted by Gasteiger charge is -2.29. The zero-order chi connectivity index (χ0) is 28.6. The van der Waals surface area contributed by atoms with Crippen LogP contribution in [0.1, 0.15) is 71.4 Å². The maximum absolute atomic E-state index is 13.4. The molecule has 0 radical (unpaired) electrons. The van der Waals surface area contributed by atoms with Crippen LogP contribution >= 0.6 is 23.5 Å². The predicted molar refractivity (Wildman–Crippen MR) is 157 cm³/mol. The molecular weight excluding hydrogens is 538 g/mol. The summed E-state index contributed by atoms with van der Waals surface area (Å²) >= 11 is 3.18. The van der Waals surface area contributed by atoms with E-state index in [4.69, 9.17) is 0 Å². The number of benzene rings is 1. The van der Waals surface area contributed by atoms with Crippen molar-refractivity contribution in [2.45, 2.75) is 83.5 Å². The van der Waals surface area contributed by atoms with Crippen LogP contribution in [-0.4, -0.2) is 68.4 Å². The second-order valence-corrected chi connectivity index (χ2v) is 13.4. The van der Waals surface area contributed by atoms with Crippen LogP contribution in [0.25, 0.3) is 0 Å². The van der Waals surface area contributed by atoms with Gasteiger partial charge < -0.3 is 20.9 Å². The maximum Gasteiger partial charge on any atom is 0.319 e. The zero-order valence-corrected chi connectivity index (χ0v) is 24.9. The number of rotatable bonds is 10. The number of hydrogen-bond donors (Lipinski definition) is 3. The Morgan fingerprint density at radius 2 is 1.79 bits per heavy atom. The molecule has 3 rings (SSSR count). The van der Waals surface area contributed by atoms with E-state index in [1.807, 2.05) is 20.8 Å². The molecule has 12 heteroatoms. The van der Waals surface area contributed by atoms with E-state index in [0.717, 1.165) is 11.3 Å². The lowest BCUT2D eigenvalue weighted by Crippen LogP contribution is -2.57. The molecular formula is C27H41N5O5S2. The van der Waals surface area contributed by atoms with Crippen LogP contribution in [0.15, 0.2) is 24.3 Å². The van der Waals surface area contributed by atoms with Crippen molar-refractivity contribution in [1.82, 2.24) is 20.9 Å². The molecule has 2 fully saturated rings. The number of carbonyl (C=O) groups excluding carboxylic acids is 3. The molecule has 0 unspecified atom stereocenters. The average molecular weight is 580 g/mol. The number of amides is 4. The van der Waals surface area contributed by atoms with Crippen LogP contribution in [0.4, 0.5) is 10.5 Å². The van der Waals surface area contributed by atoms with Gasteiger partial charge in [-0.25, -0.2) is 4.79 Å². The monoisotopic (exact) mass is 579 g/mol. The van der Waals surface area contributed by atoms with Crippen molar-refractivity contribution in [3.63, 3.8) is 0 Å². The molecule has 0 bridgehead atoms. The summed E-state index contributed by atoms with van der Waals surface area (Å²) in [5.41, 5.74) is 0.277. The maximum atomic E-state index is 13.4. The number of hydrogen-bond acceptors (Lipinski definition) is 7. The lowest BCUT2D eigenvalue weighted by molar-refractivity contribution is -0.384. The first-order chi connectivity index (χ1) is 18.4. The molecule has 4 amide bonds. The van der Waals surface area contributed by atoms with Gasteiger partial charge in [0.25, 0.3) is 5.69 Å². The quantitative estimate of drug-likeness (QED) is 0.275. The normalized spacial score (nSPS) is 19.7. The van der Waals surface area contributed by atoms with E-state index in [-0.39, 0.29) is 23.5 Å². The molecule has 1 aliphatic heterocycles. The fraction of sp³-hybridized carbons (Fsp3) is 0.667. The van der Waals surface area contributed by atoms with E-state index in [9.17, 15) is 24.5 Å². The van der Waals surface area contributed by atoms with E-state index in [1.165, 1.54) is 60.9 Å². The second-order valence-electron chi connectivity index (χ2n) is 11.3. The molecule has 1 aliphatic carbocycles. The molecule has 216 valence electrons. The summed E-state index contributed by atoms with van der Waals surface area (Å²) in [6, 6.07) is 3.92. The van der Waals surface area contributed by atoms with E-state index in [2.05, 4.69) is 16.0 Å². The zero-order valence-electron chi connectivity index (χ0n) is 23.2. The summed E-state index contributed by atoms with van der Waals surface area (Å²) < 4.78 is 0. The van der Waals surface area contributed by atoms with E-state index in [0.29, 0.717) is 23.3 Å². The summed E-state index contributed by atoms with van der Waals surface area (Å²) in [5.74, 6) is 2.21. The Hall–Kier alpha value is -2.47. The molecule has 0 spiro atoms. The Bertz CT molecular complexity index is 1010. The average Bonchev–Trinajstić information content (AvgIpc) is 3.38. The van der Waals surface area contributed by atoms with Crippen LogP contribution in [0.2, 0.25) is 0 Å². The van der Waals surface area contributed by atoms with Gasteiger partial charge in [-0.05, 0) is 57.8 Å². The molecule has 39 heavy (non-hydrogen) atoms. The van der Waals surface area contributed by atoms with Crippen LogP contribution in [0.5, 0.6) is 0 Å². The van der Waals surface area contributed by atoms with E-state index < -0.39 is 28.6 Å². The van der Waals surface area contributed by atoms with Gasteiger partial charge in [-0.15, -0.1) is 11.8 Å². The molecule has 1 aromatic carbocycles. The van der Waals surface area contributed by atoms with Crippen molar-refractivity contribution in [2.75, 3.05) is 23.1 Å². The number of nitrogens with zero attached hydrogens (tertiary/aromatic N) is 2. The third-order valence-corrected chi connectivity index (χ3v) is 9.17. The highest BCUT2D eigenvalue weighted by atomic mass is 32.2. The molecule has 1 saturated heterocycles. The number of non-ortho nitro benzene ring substituents is 1. The van der Waals surface area contributed by atoms with Gasteiger partial charge >= 0.3 is 6.03 Å². The number of nitro benzene ring substituents is 1. The topological polar surface area (TPSA) is 134 Å². The van der Waals surface area contributed by atoms with E-state index in [1.54, 1.807) is 30.8 Å². The minimum absolute atomic E-state index is 0.0176. The summed E-state index contributed by atoms with van der Waals surface area (Å²) in [7, 11) is 0. The minimum atomic E-state index is -0.773. The largest absolute Gasteiger partial charge is 0.348 e. The molecule has 10 nitrogen and oxygen atoms in total. The highest BCUT2D eigenvalue weighted by Crippen LogP contribution is 2.27. The molecule has 2 aliphatic rings. The number of nitrogens with one attached hydrogen (secondary N) is 3. The van der Waals surface area contributed by atoms with Crippen molar-refractivity contribution < 1.29 is 19.3 Å². The Labute approximate surface area is 239 Å². The van der Waals surface area contributed by atoms with Crippen molar-refractivity contribution in [2.24, 2.45) is 5.92 Å². The number of thioether (sulfide) groups is 2. The van der Waals surface area contributed by atoms with E-state index >= 15 is 0 Å². The first-order valence-corrected chi connectivity index (χ1v) is 15.8. The van der Waals surface area contributed by atoms with Gasteiger partial charge in [0.15, 0.2) is 0 Å². The first kappa shape index (κ1) is 31.1. The van der Waals surface area contributed by atoms with Crippen LogP contribution < -0.4 is 16.0 Å². The summed E-state index contributed by atoms with van der Waals surface area (Å²) in [4.78, 5) is 51.6. The van der Waals surface area contributed by atoms with Crippen molar-refractivity contribution in [3.05, 3.63) is 39.9 Å². The van der Waals surface area contributed by atoms with Gasteiger partial charge in [-0.2, -0.15) is 11.8 Å². The smallest absolute Gasteiger partial charge is 0.319 e. The molecule has 3 N–H and O–H groups in total. The second kappa shape index (κ2) is 14.2. The lowest BCUT2D eigenvalue weighted by atomic mass is 9.91. The summed E-state index contributed by atoms with van der Waals surface area (Å²) in [6.07, 6.45) is 6.16. The highest BCUT2D eigenvalue weighted by molar-refractivity contribution is 7.99. The Balaban J connectivity index is 1.66. The van der Waals surface area contributed by atoms with Crippen LogP contribution in [0, 0.1) is 16.0 Å². The van der Waals surface area contributed by atoms with Crippen molar-refractivity contribution in [1.29, 1.82) is 0 Å².